The second-order valence-corrected chi connectivity index (χ2v) is 4.51. The van der Waals surface area contributed by atoms with Gasteiger partial charge in [-0.1, -0.05) is 19.2 Å². The van der Waals surface area contributed by atoms with Crippen LogP contribution in [0.2, 0.25) is 0 Å². The number of hydrogen-bond donors (Lipinski definition) is 0. The van der Waals surface area contributed by atoms with E-state index in [0.29, 0.717) is 5.75 Å². The number of rotatable bonds is 6. The zero-order chi connectivity index (χ0) is 16.8. The van der Waals surface area contributed by atoms with E-state index >= 15 is 0 Å². The van der Waals surface area contributed by atoms with E-state index in [9.17, 15) is 13.6 Å². The number of benzene rings is 2. The van der Waals surface area contributed by atoms with Crippen molar-refractivity contribution in [1.82, 2.24) is 0 Å². The Morgan fingerprint density at radius 3 is 2.09 bits per heavy atom. The summed E-state index contributed by atoms with van der Waals surface area (Å²) >= 11 is 0. The molecule has 2 rings (SSSR count). The van der Waals surface area contributed by atoms with Crippen LogP contribution >= 0.6 is 0 Å². The van der Waals surface area contributed by atoms with Gasteiger partial charge in [-0.05, 0) is 24.3 Å². The van der Waals surface area contributed by atoms with Crippen molar-refractivity contribution in [2.75, 3.05) is 6.61 Å². The molecule has 0 spiro atoms. The van der Waals surface area contributed by atoms with E-state index in [4.69, 9.17) is 9.47 Å². The lowest BCUT2D eigenvalue weighted by Crippen LogP contribution is -2.03. The van der Waals surface area contributed by atoms with Crippen LogP contribution in [0.15, 0.2) is 61.7 Å². The molecule has 0 saturated carbocycles. The minimum atomic E-state index is -0.710. The van der Waals surface area contributed by atoms with Crippen LogP contribution in [-0.4, -0.2) is 12.6 Å². The molecule has 0 amide bonds. The van der Waals surface area contributed by atoms with Gasteiger partial charge in [0.25, 0.3) is 0 Å². The number of ether oxygens (including phenoxy) is 2. The van der Waals surface area contributed by atoms with Crippen LogP contribution in [0.5, 0.6) is 11.5 Å². The van der Waals surface area contributed by atoms with E-state index in [1.807, 2.05) is 0 Å². The quantitative estimate of drug-likeness (QED) is 0.345. The highest BCUT2D eigenvalue weighted by Crippen LogP contribution is 2.30. The predicted molar refractivity (Wildman–Crippen MR) is 83.3 cm³/mol. The first-order chi connectivity index (χ1) is 11.0. The minimum Gasteiger partial charge on any atom is -0.489 e. The normalized spacial score (nSPS) is 10.0. The van der Waals surface area contributed by atoms with Crippen molar-refractivity contribution in [2.24, 2.45) is 0 Å². The van der Waals surface area contributed by atoms with Gasteiger partial charge in [0, 0.05) is 29.3 Å². The van der Waals surface area contributed by atoms with Gasteiger partial charge in [-0.15, -0.1) is 0 Å². The smallest absolute Gasteiger partial charge is 0.335 e. The summed E-state index contributed by atoms with van der Waals surface area (Å²) in [6, 6.07) is 7.85. The molecule has 0 aliphatic carbocycles. The maximum Gasteiger partial charge on any atom is 0.335 e. The number of carbonyl (C=O) groups is 1. The van der Waals surface area contributed by atoms with Crippen molar-refractivity contribution in [3.05, 3.63) is 73.3 Å². The molecule has 5 heteroatoms. The maximum atomic E-state index is 14.1. The lowest BCUT2D eigenvalue weighted by molar-refractivity contribution is -0.128. The van der Waals surface area contributed by atoms with Crippen LogP contribution < -0.4 is 9.47 Å². The summed E-state index contributed by atoms with van der Waals surface area (Å²) in [6.45, 7) is 7.00. The topological polar surface area (TPSA) is 35.5 Å². The van der Waals surface area contributed by atoms with Crippen LogP contribution in [0.3, 0.4) is 0 Å². The fourth-order valence-electron chi connectivity index (χ4n) is 1.89. The van der Waals surface area contributed by atoms with Crippen molar-refractivity contribution >= 4 is 5.97 Å². The zero-order valence-corrected chi connectivity index (χ0v) is 12.2. The molecule has 0 aliphatic heterocycles. The lowest BCUT2D eigenvalue weighted by atomic mass is 10.0. The van der Waals surface area contributed by atoms with E-state index in [1.54, 1.807) is 0 Å². The van der Waals surface area contributed by atoms with Gasteiger partial charge >= 0.3 is 5.97 Å². The van der Waals surface area contributed by atoms with E-state index in [0.717, 1.165) is 12.1 Å². The molecule has 0 saturated heterocycles. The van der Waals surface area contributed by atoms with Crippen LogP contribution in [0.4, 0.5) is 8.78 Å². The zero-order valence-electron chi connectivity index (χ0n) is 12.2. The second kappa shape index (κ2) is 7.35. The first-order valence-electron chi connectivity index (χ1n) is 6.72. The van der Waals surface area contributed by atoms with E-state index in [2.05, 4.69) is 13.2 Å². The van der Waals surface area contributed by atoms with Crippen molar-refractivity contribution in [3.8, 4) is 22.6 Å². The van der Waals surface area contributed by atoms with E-state index in [1.165, 1.54) is 36.4 Å². The van der Waals surface area contributed by atoms with Gasteiger partial charge in [-0.3, -0.25) is 0 Å². The predicted octanol–water partition coefficient (Wildman–Crippen LogP) is 4.29. The number of esters is 1. The average molecular weight is 316 g/mol. The summed E-state index contributed by atoms with van der Waals surface area (Å²) in [7, 11) is 0. The Morgan fingerprint density at radius 2 is 1.57 bits per heavy atom. The Balaban J connectivity index is 2.29. The molecule has 0 bridgehead atoms. The third kappa shape index (κ3) is 4.03. The third-order valence-electron chi connectivity index (χ3n) is 2.92. The molecule has 0 heterocycles. The minimum absolute atomic E-state index is 0.0162. The molecular weight excluding hydrogens is 302 g/mol. The maximum absolute atomic E-state index is 14.1. The van der Waals surface area contributed by atoms with Crippen LogP contribution in [0, 0.1) is 11.6 Å². The lowest BCUT2D eigenvalue weighted by Gasteiger charge is -2.09. The Kier molecular flexibility index (Phi) is 5.25. The van der Waals surface area contributed by atoms with Crippen molar-refractivity contribution in [2.45, 2.75) is 0 Å². The first kappa shape index (κ1) is 16.4. The monoisotopic (exact) mass is 316 g/mol. The van der Waals surface area contributed by atoms with Gasteiger partial charge in [-0.25, -0.2) is 13.6 Å². The summed E-state index contributed by atoms with van der Waals surface area (Å²) in [5.74, 6) is -1.70. The Morgan fingerprint density at radius 1 is 1.00 bits per heavy atom. The fourth-order valence-corrected chi connectivity index (χ4v) is 1.89. The molecular formula is C18H14F2O3. The molecule has 3 nitrogen and oxygen atoms in total. The average Bonchev–Trinajstić information content (AvgIpc) is 2.53. The largest absolute Gasteiger partial charge is 0.489 e. The van der Waals surface area contributed by atoms with Crippen molar-refractivity contribution < 1.29 is 23.0 Å². The van der Waals surface area contributed by atoms with E-state index in [-0.39, 0.29) is 23.5 Å². The third-order valence-corrected chi connectivity index (χ3v) is 2.92. The molecule has 0 atom stereocenters. The fraction of sp³-hybridized carbons (Fsp3) is 0.0556. The van der Waals surface area contributed by atoms with Crippen molar-refractivity contribution in [1.29, 1.82) is 0 Å². The SMILES string of the molecule is C=CCOc1ccc(-c2ccc(OC(=O)C=C)cc2F)c(F)c1. The van der Waals surface area contributed by atoms with Gasteiger partial charge in [0.05, 0.1) is 0 Å². The highest BCUT2D eigenvalue weighted by molar-refractivity contribution is 5.83. The molecule has 0 unspecified atom stereocenters. The molecule has 2 aromatic rings. The Bertz CT molecular complexity index is 754. The van der Waals surface area contributed by atoms with Gasteiger partial charge in [0.1, 0.15) is 29.7 Å². The molecule has 0 aliphatic rings. The van der Waals surface area contributed by atoms with Crippen LogP contribution in [0.1, 0.15) is 0 Å². The summed E-state index contributed by atoms with van der Waals surface area (Å²) < 4.78 is 38.3. The molecule has 0 N–H and O–H groups in total. The highest BCUT2D eigenvalue weighted by atomic mass is 19.1. The van der Waals surface area contributed by atoms with Gasteiger partial charge < -0.3 is 9.47 Å². The summed E-state index contributed by atoms with van der Waals surface area (Å²) in [6.07, 6.45) is 2.50. The first-order valence-corrected chi connectivity index (χ1v) is 6.72. The molecule has 2 aromatic carbocycles. The molecule has 0 radical (unpaired) electrons. The van der Waals surface area contributed by atoms with Gasteiger partial charge in [0.15, 0.2) is 0 Å². The number of carbonyl (C=O) groups excluding carboxylic acids is 1. The second-order valence-electron chi connectivity index (χ2n) is 4.51. The molecule has 0 fully saturated rings. The van der Waals surface area contributed by atoms with Crippen LogP contribution in [0.25, 0.3) is 11.1 Å². The highest BCUT2D eigenvalue weighted by Gasteiger charge is 2.13. The molecule has 23 heavy (non-hydrogen) atoms. The molecule has 0 aromatic heterocycles. The van der Waals surface area contributed by atoms with E-state index < -0.39 is 17.6 Å². The Labute approximate surface area is 132 Å². The summed E-state index contributed by atoms with van der Waals surface area (Å²) in [5.41, 5.74) is 0.131. The van der Waals surface area contributed by atoms with Crippen LogP contribution in [-0.2, 0) is 4.79 Å². The summed E-state index contributed by atoms with van der Waals surface area (Å²) in [5, 5.41) is 0. The van der Waals surface area contributed by atoms with Gasteiger partial charge in [0.2, 0.25) is 0 Å². The van der Waals surface area contributed by atoms with Crippen molar-refractivity contribution in [3.63, 3.8) is 0 Å². The number of hydrogen-bond acceptors (Lipinski definition) is 3. The van der Waals surface area contributed by atoms with Gasteiger partial charge in [-0.2, -0.15) is 0 Å². The number of halogens is 2. The summed E-state index contributed by atoms with van der Waals surface area (Å²) in [4.78, 5) is 11.1. The Hall–Kier alpha value is -2.95. The standard InChI is InChI=1S/C18H14F2O3/c1-3-9-22-12-5-7-14(16(19)10-12)15-8-6-13(11-17(15)20)23-18(21)4-2/h3-8,10-11H,1-2,9H2. The molecule has 118 valence electrons.